The summed E-state index contributed by atoms with van der Waals surface area (Å²) in [5.74, 6) is 0. The molecule has 1 atom stereocenters. The van der Waals surface area contributed by atoms with Crippen molar-refractivity contribution in [3.63, 3.8) is 0 Å². The molecule has 0 bridgehead atoms. The molecule has 1 saturated heterocycles. The maximum absolute atomic E-state index is 11.7. The number of aromatic amines is 1. The first-order chi connectivity index (χ1) is 7.24. The Morgan fingerprint density at radius 2 is 2.53 bits per heavy atom. The van der Waals surface area contributed by atoms with Crippen LogP contribution in [-0.2, 0) is 0 Å². The molecule has 1 unspecified atom stereocenters. The van der Waals surface area contributed by atoms with Crippen LogP contribution in [0.25, 0.3) is 0 Å². The summed E-state index contributed by atoms with van der Waals surface area (Å²) < 4.78 is 0. The molecule has 0 spiro atoms. The van der Waals surface area contributed by atoms with E-state index in [1.807, 2.05) is 24.4 Å². The lowest BCUT2D eigenvalue weighted by Gasteiger charge is -2.15. The van der Waals surface area contributed by atoms with Gasteiger partial charge in [0.2, 0.25) is 0 Å². The topological polar surface area (TPSA) is 63.1 Å². The molecule has 0 aromatic carbocycles. The summed E-state index contributed by atoms with van der Waals surface area (Å²) in [6, 6.07) is 5.79. The highest BCUT2D eigenvalue weighted by atomic mass is 16.2. The van der Waals surface area contributed by atoms with Crippen molar-refractivity contribution in [2.45, 2.75) is 6.04 Å². The molecule has 5 heteroatoms. The number of carbonyl (C=O) groups is 1. The Bertz CT molecular complexity index is 392. The molecule has 78 valence electrons. The second-order valence-electron chi connectivity index (χ2n) is 3.57. The van der Waals surface area contributed by atoms with E-state index in [0.717, 1.165) is 5.69 Å². The molecule has 2 amide bonds. The zero-order valence-electron chi connectivity index (χ0n) is 8.47. The van der Waals surface area contributed by atoms with Gasteiger partial charge in [0.15, 0.2) is 0 Å². The number of carbonyl (C=O) groups excluding carboxylic acids is 1. The maximum atomic E-state index is 11.7. The fourth-order valence-electron chi connectivity index (χ4n) is 1.84. The number of likely N-dealkylation sites (N-methyl/N-ethyl adjacent to an activating group) is 1. The van der Waals surface area contributed by atoms with E-state index in [1.165, 1.54) is 0 Å². The van der Waals surface area contributed by atoms with Gasteiger partial charge >= 0.3 is 6.03 Å². The lowest BCUT2D eigenvalue weighted by Crippen LogP contribution is -2.29. The van der Waals surface area contributed by atoms with Gasteiger partial charge in [0.25, 0.3) is 0 Å². The van der Waals surface area contributed by atoms with Crippen molar-refractivity contribution >= 4 is 6.03 Å². The van der Waals surface area contributed by atoms with Crippen molar-refractivity contribution in [1.82, 2.24) is 14.8 Å². The largest absolute Gasteiger partial charge is 0.363 e. The third kappa shape index (κ3) is 1.54. The van der Waals surface area contributed by atoms with Crippen LogP contribution in [0.5, 0.6) is 0 Å². The first-order valence-electron chi connectivity index (χ1n) is 4.76. The van der Waals surface area contributed by atoms with Gasteiger partial charge in [-0.15, -0.1) is 0 Å². The number of nitrogens with one attached hydrogen (secondary N) is 1. The Labute approximate surface area is 87.9 Å². The molecule has 5 nitrogen and oxygen atoms in total. The van der Waals surface area contributed by atoms with Crippen LogP contribution in [0.2, 0.25) is 0 Å². The number of aromatic nitrogens is 1. The van der Waals surface area contributed by atoms with Gasteiger partial charge in [-0.25, -0.2) is 4.79 Å². The first kappa shape index (κ1) is 9.59. The standard InChI is InChI=1S/C10H12N4O/c1-13-9(8-3-2-5-12-8)7-14(6-4-11)10(13)15/h2-3,5,9,12H,6-7H2,1H3. The van der Waals surface area contributed by atoms with E-state index < -0.39 is 0 Å². The maximum Gasteiger partial charge on any atom is 0.321 e. The Balaban J connectivity index is 2.18. The number of H-pyrrole nitrogens is 1. The minimum Gasteiger partial charge on any atom is -0.363 e. The molecule has 0 radical (unpaired) electrons. The Morgan fingerprint density at radius 3 is 3.13 bits per heavy atom. The van der Waals surface area contributed by atoms with Crippen molar-refractivity contribution in [3.8, 4) is 6.07 Å². The molecule has 0 saturated carbocycles. The van der Waals surface area contributed by atoms with Crippen molar-refractivity contribution in [2.75, 3.05) is 20.1 Å². The predicted molar refractivity (Wildman–Crippen MR) is 53.9 cm³/mol. The zero-order valence-corrected chi connectivity index (χ0v) is 8.47. The number of nitrogens with zero attached hydrogens (tertiary/aromatic N) is 3. The lowest BCUT2D eigenvalue weighted by molar-refractivity contribution is 0.198. The molecule has 1 N–H and O–H groups in total. The van der Waals surface area contributed by atoms with Gasteiger partial charge in [-0.1, -0.05) is 0 Å². The van der Waals surface area contributed by atoms with Crippen molar-refractivity contribution in [2.24, 2.45) is 0 Å². The van der Waals surface area contributed by atoms with Gasteiger partial charge in [-0.05, 0) is 12.1 Å². The summed E-state index contributed by atoms with van der Waals surface area (Å²) >= 11 is 0. The fraction of sp³-hybridized carbons (Fsp3) is 0.400. The molecule has 1 aromatic heterocycles. The van der Waals surface area contributed by atoms with Gasteiger partial charge in [-0.2, -0.15) is 5.26 Å². The SMILES string of the molecule is CN1C(=O)N(CC#N)CC1c1ccc[nH]1. The molecule has 15 heavy (non-hydrogen) atoms. The Morgan fingerprint density at radius 1 is 1.73 bits per heavy atom. The predicted octanol–water partition coefficient (Wildman–Crippen LogP) is 0.947. The van der Waals surface area contributed by atoms with Crippen molar-refractivity contribution in [1.29, 1.82) is 5.26 Å². The summed E-state index contributed by atoms with van der Waals surface area (Å²) in [7, 11) is 1.76. The number of hydrogen-bond donors (Lipinski definition) is 1. The molecule has 1 aliphatic rings. The first-order valence-corrected chi connectivity index (χ1v) is 4.76. The summed E-state index contributed by atoms with van der Waals surface area (Å²) in [6.07, 6.45) is 1.83. The number of amides is 2. The van der Waals surface area contributed by atoms with Crippen LogP contribution in [0.3, 0.4) is 0 Å². The van der Waals surface area contributed by atoms with E-state index in [4.69, 9.17) is 5.26 Å². The van der Waals surface area contributed by atoms with Crippen LogP contribution in [0.1, 0.15) is 11.7 Å². The summed E-state index contributed by atoms with van der Waals surface area (Å²) in [6.45, 7) is 0.726. The second kappa shape index (κ2) is 3.65. The summed E-state index contributed by atoms with van der Waals surface area (Å²) in [5.41, 5.74) is 1.01. The molecule has 1 aromatic rings. The van der Waals surface area contributed by atoms with E-state index in [2.05, 4.69) is 4.98 Å². The minimum atomic E-state index is -0.0869. The molecule has 1 aliphatic heterocycles. The van der Waals surface area contributed by atoms with Gasteiger partial charge in [-0.3, -0.25) is 0 Å². The van der Waals surface area contributed by atoms with Gasteiger partial charge in [0, 0.05) is 25.5 Å². The van der Waals surface area contributed by atoms with Crippen LogP contribution < -0.4 is 0 Å². The molecular weight excluding hydrogens is 192 g/mol. The van der Waals surface area contributed by atoms with E-state index >= 15 is 0 Å². The molecular formula is C10H12N4O. The van der Waals surface area contributed by atoms with E-state index in [0.29, 0.717) is 6.54 Å². The Hall–Kier alpha value is -1.96. The number of hydrogen-bond acceptors (Lipinski definition) is 2. The van der Waals surface area contributed by atoms with Crippen LogP contribution in [0, 0.1) is 11.3 Å². The molecule has 1 fully saturated rings. The average molecular weight is 204 g/mol. The normalized spacial score (nSPS) is 20.8. The molecule has 2 heterocycles. The van der Waals surface area contributed by atoms with Crippen molar-refractivity contribution in [3.05, 3.63) is 24.0 Å². The molecule has 2 rings (SSSR count). The van der Waals surface area contributed by atoms with E-state index in [1.54, 1.807) is 16.8 Å². The fourth-order valence-corrected chi connectivity index (χ4v) is 1.84. The monoisotopic (exact) mass is 204 g/mol. The van der Waals surface area contributed by atoms with Crippen LogP contribution in [-0.4, -0.2) is 41.0 Å². The quantitative estimate of drug-likeness (QED) is 0.729. The Kier molecular flexibility index (Phi) is 2.34. The number of rotatable bonds is 2. The third-order valence-corrected chi connectivity index (χ3v) is 2.68. The molecule has 0 aliphatic carbocycles. The van der Waals surface area contributed by atoms with Gasteiger partial charge < -0.3 is 14.8 Å². The van der Waals surface area contributed by atoms with Crippen molar-refractivity contribution < 1.29 is 4.79 Å². The average Bonchev–Trinajstić information content (AvgIpc) is 2.82. The third-order valence-electron chi connectivity index (χ3n) is 2.68. The van der Waals surface area contributed by atoms with Gasteiger partial charge in [0.1, 0.15) is 6.54 Å². The van der Waals surface area contributed by atoms with Crippen LogP contribution in [0.4, 0.5) is 4.79 Å². The summed E-state index contributed by atoms with van der Waals surface area (Å²) in [4.78, 5) is 18.0. The van der Waals surface area contributed by atoms with E-state index in [-0.39, 0.29) is 18.6 Å². The lowest BCUT2D eigenvalue weighted by atomic mass is 10.2. The van der Waals surface area contributed by atoms with Crippen LogP contribution in [0.15, 0.2) is 18.3 Å². The van der Waals surface area contributed by atoms with Gasteiger partial charge in [0.05, 0.1) is 12.1 Å². The van der Waals surface area contributed by atoms with E-state index in [9.17, 15) is 4.79 Å². The summed E-state index contributed by atoms with van der Waals surface area (Å²) in [5, 5.41) is 8.58. The zero-order chi connectivity index (χ0) is 10.8. The highest BCUT2D eigenvalue weighted by Crippen LogP contribution is 2.26. The van der Waals surface area contributed by atoms with Crippen LogP contribution >= 0.6 is 0 Å². The highest BCUT2D eigenvalue weighted by molar-refractivity contribution is 5.77. The highest BCUT2D eigenvalue weighted by Gasteiger charge is 2.35. The smallest absolute Gasteiger partial charge is 0.321 e. The number of urea groups is 1. The second-order valence-corrected chi connectivity index (χ2v) is 3.57. The minimum absolute atomic E-state index is 0.0286. The number of nitriles is 1.